The topological polar surface area (TPSA) is 70.4 Å². The molecule has 0 spiro atoms. The third-order valence-corrected chi connectivity index (χ3v) is 6.79. The quantitative estimate of drug-likeness (QED) is 0.232. The second kappa shape index (κ2) is 9.61. The van der Waals surface area contributed by atoms with Gasteiger partial charge in [-0.05, 0) is 47.9 Å². The Morgan fingerprint density at radius 2 is 1.62 bits per heavy atom. The molecule has 3 aromatic carbocycles. The van der Waals surface area contributed by atoms with Crippen LogP contribution in [0.4, 0.5) is 0 Å². The van der Waals surface area contributed by atoms with Crippen molar-refractivity contribution in [2.24, 2.45) is 0 Å². The summed E-state index contributed by atoms with van der Waals surface area (Å²) in [6.07, 6.45) is 3.43. The van der Waals surface area contributed by atoms with Gasteiger partial charge in [-0.2, -0.15) is 0 Å². The molecule has 7 rings (SSSR count). The van der Waals surface area contributed by atoms with Gasteiger partial charge in [-0.1, -0.05) is 72.8 Å². The Kier molecular flexibility index (Phi) is 5.66. The minimum absolute atomic E-state index is 0.256. The standard InChI is InChI=1S/C32H25N5O2/c1-22-10-8-15-25(18-22)39-20-27-34-32-29-28(23-11-4-2-5-12-23)30(24-13-6-3-7-14-24)36(19-26-16-9-17-38-26)31(29)33-21-37(32)35-27/h2-18,21H,19-20H2,1H3. The molecule has 4 heterocycles. The van der Waals surface area contributed by atoms with E-state index < -0.39 is 0 Å². The van der Waals surface area contributed by atoms with Gasteiger partial charge >= 0.3 is 0 Å². The van der Waals surface area contributed by atoms with E-state index in [0.29, 0.717) is 12.4 Å². The lowest BCUT2D eigenvalue weighted by Crippen LogP contribution is -2.03. The second-order valence-corrected chi connectivity index (χ2v) is 9.47. The first-order valence-corrected chi connectivity index (χ1v) is 12.8. The summed E-state index contributed by atoms with van der Waals surface area (Å²) in [6, 6.07) is 32.6. The molecule has 0 unspecified atom stereocenters. The lowest BCUT2D eigenvalue weighted by atomic mass is 9.99. The Bertz CT molecular complexity index is 1890. The summed E-state index contributed by atoms with van der Waals surface area (Å²) in [6.45, 7) is 2.83. The molecule has 0 aliphatic heterocycles. The molecule has 0 saturated carbocycles. The summed E-state index contributed by atoms with van der Waals surface area (Å²) in [5, 5.41) is 5.65. The van der Waals surface area contributed by atoms with Gasteiger partial charge in [0.2, 0.25) is 0 Å². The number of aromatic nitrogens is 5. The van der Waals surface area contributed by atoms with Crippen molar-refractivity contribution in [2.45, 2.75) is 20.1 Å². The molecule has 0 aliphatic rings. The van der Waals surface area contributed by atoms with Gasteiger partial charge in [0, 0.05) is 5.56 Å². The summed E-state index contributed by atoms with van der Waals surface area (Å²) in [5.74, 6) is 2.22. The minimum atomic E-state index is 0.256. The molecular formula is C32H25N5O2. The molecule has 0 N–H and O–H groups in total. The first-order valence-electron chi connectivity index (χ1n) is 12.8. The average Bonchev–Trinajstić information content (AvgIpc) is 3.71. The lowest BCUT2D eigenvalue weighted by Gasteiger charge is -2.11. The number of hydrogen-bond acceptors (Lipinski definition) is 5. The molecule has 0 aliphatic carbocycles. The zero-order valence-electron chi connectivity index (χ0n) is 21.4. The van der Waals surface area contributed by atoms with Crippen molar-refractivity contribution >= 4 is 16.7 Å². The summed E-state index contributed by atoms with van der Waals surface area (Å²) in [7, 11) is 0. The van der Waals surface area contributed by atoms with Gasteiger partial charge in [-0.3, -0.25) is 0 Å². The Hall–Kier alpha value is -5.17. The maximum Gasteiger partial charge on any atom is 0.189 e. The molecule has 190 valence electrons. The molecule has 7 heteroatoms. The van der Waals surface area contributed by atoms with E-state index in [1.165, 1.54) is 0 Å². The van der Waals surface area contributed by atoms with Crippen molar-refractivity contribution in [3.05, 3.63) is 127 Å². The molecule has 7 aromatic rings. The normalized spacial score (nSPS) is 11.4. The van der Waals surface area contributed by atoms with Gasteiger partial charge in [0.1, 0.15) is 30.1 Å². The molecular weight excluding hydrogens is 486 g/mol. The third-order valence-electron chi connectivity index (χ3n) is 6.79. The molecule has 0 fully saturated rings. The van der Waals surface area contributed by atoms with Crippen LogP contribution in [0.2, 0.25) is 0 Å². The van der Waals surface area contributed by atoms with E-state index in [0.717, 1.165) is 56.1 Å². The SMILES string of the molecule is Cc1cccc(OCc2nc3c4c(-c5ccccc5)c(-c5ccccc5)n(Cc5ccco5)c4ncn3n2)c1. The summed E-state index contributed by atoms with van der Waals surface area (Å²) >= 11 is 0. The van der Waals surface area contributed by atoms with E-state index in [1.54, 1.807) is 17.1 Å². The van der Waals surface area contributed by atoms with E-state index in [4.69, 9.17) is 24.2 Å². The van der Waals surface area contributed by atoms with Crippen LogP contribution in [0.5, 0.6) is 5.75 Å². The highest BCUT2D eigenvalue weighted by Gasteiger charge is 2.25. The van der Waals surface area contributed by atoms with Crippen LogP contribution in [0.15, 0.2) is 114 Å². The van der Waals surface area contributed by atoms with Crippen molar-refractivity contribution in [3.8, 4) is 28.1 Å². The van der Waals surface area contributed by atoms with E-state index in [-0.39, 0.29) is 6.61 Å². The summed E-state index contributed by atoms with van der Waals surface area (Å²) in [4.78, 5) is 9.87. The van der Waals surface area contributed by atoms with E-state index in [1.807, 2.05) is 55.5 Å². The fourth-order valence-electron chi connectivity index (χ4n) is 5.09. The van der Waals surface area contributed by atoms with Crippen LogP contribution in [-0.2, 0) is 13.2 Å². The van der Waals surface area contributed by atoms with Crippen LogP contribution in [0, 0.1) is 6.92 Å². The van der Waals surface area contributed by atoms with Crippen LogP contribution in [0.3, 0.4) is 0 Å². The number of rotatable bonds is 7. The summed E-state index contributed by atoms with van der Waals surface area (Å²) in [5.41, 5.74) is 6.96. The van der Waals surface area contributed by atoms with Crippen molar-refractivity contribution in [1.29, 1.82) is 0 Å². The minimum Gasteiger partial charge on any atom is -0.486 e. The fraction of sp³-hybridized carbons (Fsp3) is 0.0938. The van der Waals surface area contributed by atoms with Gasteiger partial charge in [0.15, 0.2) is 11.5 Å². The highest BCUT2D eigenvalue weighted by molar-refractivity contribution is 6.09. The molecule has 7 nitrogen and oxygen atoms in total. The predicted molar refractivity (Wildman–Crippen MR) is 150 cm³/mol. The van der Waals surface area contributed by atoms with Crippen molar-refractivity contribution in [3.63, 3.8) is 0 Å². The zero-order chi connectivity index (χ0) is 26.2. The van der Waals surface area contributed by atoms with Crippen molar-refractivity contribution < 1.29 is 9.15 Å². The fourth-order valence-corrected chi connectivity index (χ4v) is 5.09. The second-order valence-electron chi connectivity index (χ2n) is 9.47. The highest BCUT2D eigenvalue weighted by atomic mass is 16.5. The average molecular weight is 512 g/mol. The van der Waals surface area contributed by atoms with Gasteiger partial charge in [0.25, 0.3) is 0 Å². The Morgan fingerprint density at radius 3 is 2.36 bits per heavy atom. The first-order chi connectivity index (χ1) is 19.2. The van der Waals surface area contributed by atoms with Crippen LogP contribution in [-0.4, -0.2) is 24.1 Å². The van der Waals surface area contributed by atoms with Crippen LogP contribution in [0.1, 0.15) is 17.1 Å². The van der Waals surface area contributed by atoms with E-state index in [9.17, 15) is 0 Å². The summed E-state index contributed by atoms with van der Waals surface area (Å²) < 4.78 is 15.7. The number of furan rings is 1. The zero-order valence-corrected chi connectivity index (χ0v) is 21.4. The lowest BCUT2D eigenvalue weighted by molar-refractivity contribution is 0.296. The van der Waals surface area contributed by atoms with Gasteiger partial charge < -0.3 is 13.7 Å². The molecule has 39 heavy (non-hydrogen) atoms. The van der Waals surface area contributed by atoms with E-state index in [2.05, 4.69) is 53.1 Å². The van der Waals surface area contributed by atoms with Gasteiger partial charge in [-0.25, -0.2) is 14.5 Å². The number of benzene rings is 3. The number of nitrogens with zero attached hydrogens (tertiary/aromatic N) is 5. The third kappa shape index (κ3) is 4.24. The van der Waals surface area contributed by atoms with Crippen LogP contribution >= 0.6 is 0 Å². The van der Waals surface area contributed by atoms with Gasteiger partial charge in [0.05, 0.1) is 23.9 Å². The van der Waals surface area contributed by atoms with Crippen molar-refractivity contribution in [1.82, 2.24) is 24.1 Å². The number of aryl methyl sites for hydroxylation is 1. The number of fused-ring (bicyclic) bond motifs is 3. The molecule has 0 atom stereocenters. The molecule has 0 bridgehead atoms. The maximum atomic E-state index is 6.02. The van der Waals surface area contributed by atoms with E-state index >= 15 is 0 Å². The first kappa shape index (κ1) is 23.0. The van der Waals surface area contributed by atoms with Crippen LogP contribution in [0.25, 0.3) is 39.1 Å². The smallest absolute Gasteiger partial charge is 0.189 e. The maximum absolute atomic E-state index is 6.02. The number of hydrogen-bond donors (Lipinski definition) is 0. The van der Waals surface area contributed by atoms with Crippen LogP contribution < -0.4 is 4.74 Å². The Balaban J connectivity index is 1.46. The Labute approximate surface area is 225 Å². The molecule has 0 saturated heterocycles. The Morgan fingerprint density at radius 1 is 0.821 bits per heavy atom. The molecule has 0 radical (unpaired) electrons. The molecule has 4 aromatic heterocycles. The predicted octanol–water partition coefficient (Wildman–Crippen LogP) is 6.94. The largest absolute Gasteiger partial charge is 0.486 e. The van der Waals surface area contributed by atoms with Crippen molar-refractivity contribution in [2.75, 3.05) is 0 Å². The molecule has 0 amide bonds. The number of ether oxygens (including phenoxy) is 1. The highest BCUT2D eigenvalue weighted by Crippen LogP contribution is 2.42. The van der Waals surface area contributed by atoms with Gasteiger partial charge in [-0.15, -0.1) is 5.10 Å². The monoisotopic (exact) mass is 511 g/mol.